The van der Waals surface area contributed by atoms with Gasteiger partial charge in [-0.1, -0.05) is 18.2 Å². The fourth-order valence-corrected chi connectivity index (χ4v) is 3.75. The molecule has 0 N–H and O–H groups in total. The first-order valence-corrected chi connectivity index (χ1v) is 9.54. The van der Waals surface area contributed by atoms with Crippen LogP contribution in [-0.4, -0.2) is 47.9 Å². The van der Waals surface area contributed by atoms with E-state index in [9.17, 15) is 4.79 Å². The maximum Gasteiger partial charge on any atom is 0.257 e. The molecule has 2 aromatic heterocycles. The van der Waals surface area contributed by atoms with Gasteiger partial charge in [0.15, 0.2) is 0 Å². The van der Waals surface area contributed by atoms with Gasteiger partial charge in [-0.25, -0.2) is 0 Å². The van der Waals surface area contributed by atoms with Crippen LogP contribution in [0.1, 0.15) is 42.4 Å². The molecule has 1 fully saturated rings. The number of hydrogen-bond donors (Lipinski definition) is 0. The smallest absolute Gasteiger partial charge is 0.257 e. The number of nitrogens with zero attached hydrogens (tertiary/aromatic N) is 6. The second-order valence-corrected chi connectivity index (χ2v) is 6.87. The molecule has 0 spiro atoms. The normalized spacial score (nSPS) is 16.8. The molecular formula is C20H24N6O. The molecule has 1 aliphatic heterocycles. The largest absolute Gasteiger partial charge is 0.336 e. The van der Waals surface area contributed by atoms with Crippen molar-refractivity contribution >= 4 is 5.91 Å². The van der Waals surface area contributed by atoms with Crippen molar-refractivity contribution in [2.45, 2.75) is 45.2 Å². The van der Waals surface area contributed by atoms with Gasteiger partial charge in [0.2, 0.25) is 0 Å². The van der Waals surface area contributed by atoms with Crippen molar-refractivity contribution in [2.24, 2.45) is 0 Å². The van der Waals surface area contributed by atoms with Gasteiger partial charge in [-0.3, -0.25) is 14.0 Å². The van der Waals surface area contributed by atoms with E-state index in [-0.39, 0.29) is 11.9 Å². The highest BCUT2D eigenvalue weighted by molar-refractivity contribution is 5.94. The van der Waals surface area contributed by atoms with Gasteiger partial charge in [-0.2, -0.15) is 5.10 Å². The number of aromatic nitrogens is 5. The Kier molecular flexibility index (Phi) is 5.00. The summed E-state index contributed by atoms with van der Waals surface area (Å²) < 4.78 is 3.81. The van der Waals surface area contributed by atoms with E-state index in [2.05, 4.69) is 15.3 Å². The molecule has 3 aromatic rings. The number of rotatable bonds is 6. The fourth-order valence-electron chi connectivity index (χ4n) is 3.75. The first kappa shape index (κ1) is 17.5. The lowest BCUT2D eigenvalue weighted by atomic mass is 10.1. The van der Waals surface area contributed by atoms with Crippen LogP contribution in [0.5, 0.6) is 0 Å². The average Bonchev–Trinajstić information content (AvgIpc) is 3.46. The van der Waals surface area contributed by atoms with Crippen LogP contribution in [0.4, 0.5) is 0 Å². The molecule has 1 aromatic carbocycles. The number of likely N-dealkylation sites (tertiary alicyclic amines) is 1. The predicted molar refractivity (Wildman–Crippen MR) is 102 cm³/mol. The van der Waals surface area contributed by atoms with Crippen LogP contribution in [0, 0.1) is 0 Å². The molecule has 7 nitrogen and oxygen atoms in total. The Bertz CT molecular complexity index is 900. The van der Waals surface area contributed by atoms with Gasteiger partial charge in [0.05, 0.1) is 11.8 Å². The minimum Gasteiger partial charge on any atom is -0.336 e. The van der Waals surface area contributed by atoms with Crippen molar-refractivity contribution in [3.05, 3.63) is 60.4 Å². The highest BCUT2D eigenvalue weighted by Crippen LogP contribution is 2.24. The Morgan fingerprint density at radius 2 is 2.11 bits per heavy atom. The van der Waals surface area contributed by atoms with E-state index < -0.39 is 0 Å². The number of benzene rings is 1. The number of para-hydroxylation sites is 1. The standard InChI is InChI=1S/C20H24N6O/c1-2-24-14-16(13-22-24)20(27)25-12-6-9-18(25)10-11-19-23-21-15-26(19)17-7-4-3-5-8-17/h3-5,7-8,13-15,18H,2,6,9-12H2,1H3. The zero-order valence-electron chi connectivity index (χ0n) is 15.5. The van der Waals surface area contributed by atoms with E-state index in [0.29, 0.717) is 5.56 Å². The lowest BCUT2D eigenvalue weighted by Crippen LogP contribution is -2.35. The number of carbonyl (C=O) groups is 1. The summed E-state index contributed by atoms with van der Waals surface area (Å²) >= 11 is 0. The summed E-state index contributed by atoms with van der Waals surface area (Å²) in [6.45, 7) is 3.60. The number of aryl methyl sites for hydroxylation is 2. The van der Waals surface area contributed by atoms with Crippen molar-refractivity contribution < 1.29 is 4.79 Å². The Morgan fingerprint density at radius 1 is 1.26 bits per heavy atom. The van der Waals surface area contributed by atoms with E-state index in [1.807, 2.05) is 52.9 Å². The molecule has 27 heavy (non-hydrogen) atoms. The Hall–Kier alpha value is -2.96. The second kappa shape index (κ2) is 7.73. The lowest BCUT2D eigenvalue weighted by molar-refractivity contribution is 0.0730. The molecular weight excluding hydrogens is 340 g/mol. The van der Waals surface area contributed by atoms with Gasteiger partial charge in [0.1, 0.15) is 12.2 Å². The summed E-state index contributed by atoms with van der Waals surface area (Å²) in [6, 6.07) is 10.3. The maximum atomic E-state index is 12.9. The Balaban J connectivity index is 1.44. The summed E-state index contributed by atoms with van der Waals surface area (Å²) in [5.41, 5.74) is 1.74. The predicted octanol–water partition coefficient (Wildman–Crippen LogP) is 2.72. The molecule has 1 aliphatic rings. The molecule has 4 rings (SSSR count). The summed E-state index contributed by atoms with van der Waals surface area (Å²) in [7, 11) is 0. The SMILES string of the molecule is CCn1cc(C(=O)N2CCCC2CCc2nncn2-c2ccccc2)cn1. The third-order valence-electron chi connectivity index (χ3n) is 5.20. The van der Waals surface area contributed by atoms with Crippen LogP contribution < -0.4 is 0 Å². The van der Waals surface area contributed by atoms with Gasteiger partial charge in [-0.15, -0.1) is 10.2 Å². The summed E-state index contributed by atoms with van der Waals surface area (Å²) in [6.07, 6.45) is 9.02. The zero-order chi connectivity index (χ0) is 18.6. The van der Waals surface area contributed by atoms with Crippen LogP contribution in [0.3, 0.4) is 0 Å². The van der Waals surface area contributed by atoms with E-state index >= 15 is 0 Å². The molecule has 1 saturated heterocycles. The van der Waals surface area contributed by atoms with Gasteiger partial charge in [-0.05, 0) is 38.3 Å². The molecule has 0 aliphatic carbocycles. The highest BCUT2D eigenvalue weighted by Gasteiger charge is 2.30. The summed E-state index contributed by atoms with van der Waals surface area (Å²) in [5.74, 6) is 1.01. The van der Waals surface area contributed by atoms with Crippen molar-refractivity contribution in [3.8, 4) is 5.69 Å². The van der Waals surface area contributed by atoms with Gasteiger partial charge in [0.25, 0.3) is 5.91 Å². The van der Waals surface area contributed by atoms with Crippen LogP contribution in [0.15, 0.2) is 49.1 Å². The Morgan fingerprint density at radius 3 is 2.89 bits per heavy atom. The van der Waals surface area contributed by atoms with Gasteiger partial charge in [0, 0.05) is 37.4 Å². The Labute approximate surface area is 158 Å². The molecule has 0 radical (unpaired) electrons. The molecule has 1 unspecified atom stereocenters. The van der Waals surface area contributed by atoms with Crippen LogP contribution in [0.25, 0.3) is 5.69 Å². The number of carbonyl (C=O) groups excluding carboxylic acids is 1. The van der Waals surface area contributed by atoms with E-state index in [4.69, 9.17) is 0 Å². The number of amides is 1. The van der Waals surface area contributed by atoms with Gasteiger partial charge < -0.3 is 4.90 Å². The molecule has 0 bridgehead atoms. The minimum absolute atomic E-state index is 0.0849. The van der Waals surface area contributed by atoms with Crippen LogP contribution >= 0.6 is 0 Å². The third-order valence-corrected chi connectivity index (χ3v) is 5.20. The maximum absolute atomic E-state index is 12.9. The molecule has 0 saturated carbocycles. The quantitative estimate of drug-likeness (QED) is 0.674. The van der Waals surface area contributed by atoms with Crippen molar-refractivity contribution in [1.82, 2.24) is 29.4 Å². The average molecular weight is 364 g/mol. The molecule has 140 valence electrons. The minimum atomic E-state index is 0.0849. The first-order valence-electron chi connectivity index (χ1n) is 9.54. The highest BCUT2D eigenvalue weighted by atomic mass is 16.2. The first-order chi connectivity index (χ1) is 13.3. The molecule has 1 atom stereocenters. The molecule has 3 heterocycles. The number of hydrogen-bond acceptors (Lipinski definition) is 4. The second-order valence-electron chi connectivity index (χ2n) is 6.87. The molecule has 1 amide bonds. The summed E-state index contributed by atoms with van der Waals surface area (Å²) in [5, 5.41) is 12.6. The van der Waals surface area contributed by atoms with E-state index in [0.717, 1.165) is 50.3 Å². The van der Waals surface area contributed by atoms with Crippen LogP contribution in [-0.2, 0) is 13.0 Å². The summed E-state index contributed by atoms with van der Waals surface area (Å²) in [4.78, 5) is 14.9. The van der Waals surface area contributed by atoms with E-state index in [1.54, 1.807) is 17.2 Å². The lowest BCUT2D eigenvalue weighted by Gasteiger charge is -2.24. The fraction of sp³-hybridized carbons (Fsp3) is 0.400. The molecule has 7 heteroatoms. The zero-order valence-corrected chi connectivity index (χ0v) is 15.5. The van der Waals surface area contributed by atoms with Crippen molar-refractivity contribution in [3.63, 3.8) is 0 Å². The van der Waals surface area contributed by atoms with E-state index in [1.165, 1.54) is 0 Å². The van der Waals surface area contributed by atoms with Crippen molar-refractivity contribution in [2.75, 3.05) is 6.54 Å². The third kappa shape index (κ3) is 3.63. The van der Waals surface area contributed by atoms with Crippen molar-refractivity contribution in [1.29, 1.82) is 0 Å². The topological polar surface area (TPSA) is 68.8 Å². The monoisotopic (exact) mass is 364 g/mol. The van der Waals surface area contributed by atoms with Gasteiger partial charge >= 0.3 is 0 Å². The van der Waals surface area contributed by atoms with Crippen LogP contribution in [0.2, 0.25) is 0 Å².